The van der Waals surface area contributed by atoms with Gasteiger partial charge in [-0.15, -0.1) is 0 Å². The highest BCUT2D eigenvalue weighted by Gasteiger charge is 2.38. The summed E-state index contributed by atoms with van der Waals surface area (Å²) >= 11 is 0. The van der Waals surface area contributed by atoms with Crippen molar-refractivity contribution < 1.29 is 32.2 Å². The van der Waals surface area contributed by atoms with Crippen LogP contribution in [0.2, 0.25) is 0 Å². The molecule has 28 heavy (non-hydrogen) atoms. The molecule has 1 aromatic heterocycles. The molecule has 0 N–H and O–H groups in total. The average Bonchev–Trinajstić information content (AvgIpc) is 3.38. The Balaban J connectivity index is 2.12. The van der Waals surface area contributed by atoms with Crippen molar-refractivity contribution in [3.8, 4) is 0 Å². The Morgan fingerprint density at radius 1 is 1.36 bits per heavy atom. The maximum atomic E-state index is 13.0. The van der Waals surface area contributed by atoms with Crippen molar-refractivity contribution in [3.05, 3.63) is 50.9 Å². The van der Waals surface area contributed by atoms with E-state index in [4.69, 9.17) is 9.26 Å². The van der Waals surface area contributed by atoms with Crippen LogP contribution in [0.3, 0.4) is 0 Å². The molecule has 1 heterocycles. The van der Waals surface area contributed by atoms with E-state index < -0.39 is 37.1 Å². The number of ketones is 1. The number of nitro benzene ring substituents is 1. The van der Waals surface area contributed by atoms with Crippen molar-refractivity contribution in [2.45, 2.75) is 30.6 Å². The number of aromatic nitrogens is 1. The van der Waals surface area contributed by atoms with Gasteiger partial charge in [-0.3, -0.25) is 14.9 Å². The predicted molar refractivity (Wildman–Crippen MR) is 94.1 cm³/mol. The lowest BCUT2D eigenvalue weighted by molar-refractivity contribution is -0.387. The van der Waals surface area contributed by atoms with Gasteiger partial charge >= 0.3 is 5.97 Å². The molecule has 0 radical (unpaired) electrons. The van der Waals surface area contributed by atoms with Gasteiger partial charge in [-0.2, -0.15) is 0 Å². The summed E-state index contributed by atoms with van der Waals surface area (Å²) in [5.41, 5.74) is -1.30. The Morgan fingerprint density at radius 3 is 2.57 bits per heavy atom. The number of esters is 1. The summed E-state index contributed by atoms with van der Waals surface area (Å²) in [6.45, 7) is 1.65. The SMILES string of the molecule is CCOC(=O)c1noc(C2CC2)c1C(=O)c1ccc(S(C)(=O)=O)c([N+](=O)[O-])c1. The Kier molecular flexibility index (Phi) is 5.02. The number of nitro groups is 1. The summed E-state index contributed by atoms with van der Waals surface area (Å²) in [5.74, 6) is -1.42. The second-order valence-electron chi connectivity index (χ2n) is 6.31. The maximum Gasteiger partial charge on any atom is 0.361 e. The molecule has 1 aromatic carbocycles. The molecule has 1 saturated carbocycles. The van der Waals surface area contributed by atoms with E-state index in [1.165, 1.54) is 0 Å². The topological polar surface area (TPSA) is 147 Å². The van der Waals surface area contributed by atoms with Crippen LogP contribution in [-0.2, 0) is 14.6 Å². The van der Waals surface area contributed by atoms with Crippen LogP contribution in [0.15, 0.2) is 27.6 Å². The number of ether oxygens (including phenoxy) is 1. The lowest BCUT2D eigenvalue weighted by Crippen LogP contribution is -2.14. The molecule has 2 aromatic rings. The molecule has 3 rings (SSSR count). The number of hydrogen-bond acceptors (Lipinski definition) is 9. The largest absolute Gasteiger partial charge is 0.461 e. The van der Waals surface area contributed by atoms with Gasteiger partial charge in [-0.1, -0.05) is 5.16 Å². The third-order valence-electron chi connectivity index (χ3n) is 4.18. The van der Waals surface area contributed by atoms with Crippen molar-refractivity contribution in [1.29, 1.82) is 0 Å². The van der Waals surface area contributed by atoms with Gasteiger partial charge in [0.1, 0.15) is 10.5 Å². The monoisotopic (exact) mass is 408 g/mol. The van der Waals surface area contributed by atoms with E-state index in [-0.39, 0.29) is 35.1 Å². The van der Waals surface area contributed by atoms with Gasteiger partial charge in [0.05, 0.1) is 11.5 Å². The molecule has 0 bridgehead atoms. The predicted octanol–water partition coefficient (Wildman–Crippen LogP) is 2.27. The third kappa shape index (κ3) is 3.65. The molecule has 1 aliphatic rings. The minimum Gasteiger partial charge on any atom is -0.461 e. The van der Waals surface area contributed by atoms with Gasteiger partial charge in [0.15, 0.2) is 21.4 Å². The van der Waals surface area contributed by atoms with E-state index in [2.05, 4.69) is 5.16 Å². The molecule has 0 amide bonds. The van der Waals surface area contributed by atoms with Crippen LogP contribution in [0.25, 0.3) is 0 Å². The molecule has 0 atom stereocenters. The normalized spacial score (nSPS) is 13.9. The van der Waals surface area contributed by atoms with Crippen molar-refractivity contribution in [2.75, 3.05) is 12.9 Å². The number of hydrogen-bond donors (Lipinski definition) is 0. The van der Waals surface area contributed by atoms with Gasteiger partial charge in [0.25, 0.3) is 5.69 Å². The van der Waals surface area contributed by atoms with Gasteiger partial charge in [0, 0.05) is 23.8 Å². The van der Waals surface area contributed by atoms with E-state index in [1.54, 1.807) is 6.92 Å². The van der Waals surface area contributed by atoms with E-state index in [1.807, 2.05) is 0 Å². The highest BCUT2D eigenvalue weighted by molar-refractivity contribution is 7.90. The molecular weight excluding hydrogens is 392 g/mol. The summed E-state index contributed by atoms with van der Waals surface area (Å²) in [6, 6.07) is 3.02. The maximum absolute atomic E-state index is 13.0. The van der Waals surface area contributed by atoms with Crippen LogP contribution in [0.5, 0.6) is 0 Å². The van der Waals surface area contributed by atoms with Crippen molar-refractivity contribution in [2.24, 2.45) is 0 Å². The fraction of sp³-hybridized carbons (Fsp3) is 0.353. The summed E-state index contributed by atoms with van der Waals surface area (Å²) in [4.78, 5) is 35.1. The zero-order chi connectivity index (χ0) is 20.6. The zero-order valence-electron chi connectivity index (χ0n) is 15.0. The standard InChI is InChI=1S/C17H16N2O8S/c1-3-26-17(21)14-13(16(27-18-14)9-4-5-9)15(20)10-6-7-12(28(2,24)25)11(8-10)19(22)23/h6-9H,3-5H2,1-2H3. The summed E-state index contributed by atoms with van der Waals surface area (Å²) in [5, 5.41) is 15.0. The smallest absolute Gasteiger partial charge is 0.361 e. The molecule has 10 nitrogen and oxygen atoms in total. The molecule has 0 aliphatic heterocycles. The molecule has 0 unspecified atom stereocenters. The number of rotatable bonds is 7. The van der Waals surface area contributed by atoms with E-state index >= 15 is 0 Å². The first-order chi connectivity index (χ1) is 13.1. The molecular formula is C17H16N2O8S. The molecule has 148 valence electrons. The quantitative estimate of drug-likeness (QED) is 0.291. The number of carbonyl (C=O) groups excluding carboxylic acids is 2. The van der Waals surface area contributed by atoms with Crippen LogP contribution >= 0.6 is 0 Å². The number of carbonyl (C=O) groups is 2. The molecule has 1 aliphatic carbocycles. The summed E-state index contributed by atoms with van der Waals surface area (Å²) < 4.78 is 33.6. The van der Waals surface area contributed by atoms with Crippen LogP contribution in [-0.4, -0.2) is 43.1 Å². The Hall–Kier alpha value is -3.08. The van der Waals surface area contributed by atoms with Crippen molar-refractivity contribution >= 4 is 27.3 Å². The molecule has 11 heteroatoms. The molecule has 1 fully saturated rings. The third-order valence-corrected chi connectivity index (χ3v) is 5.32. The first kappa shape index (κ1) is 19.7. The van der Waals surface area contributed by atoms with Crippen LogP contribution in [0.4, 0.5) is 5.69 Å². The van der Waals surface area contributed by atoms with Gasteiger partial charge in [-0.05, 0) is 31.9 Å². The van der Waals surface area contributed by atoms with Gasteiger partial charge in [0.2, 0.25) is 5.69 Å². The average molecular weight is 408 g/mol. The first-order valence-electron chi connectivity index (χ1n) is 8.35. The number of benzene rings is 1. The van der Waals surface area contributed by atoms with Crippen LogP contribution in [0, 0.1) is 10.1 Å². The second kappa shape index (κ2) is 7.15. The minimum atomic E-state index is -3.87. The van der Waals surface area contributed by atoms with Gasteiger partial charge in [-0.25, -0.2) is 13.2 Å². The highest BCUT2D eigenvalue weighted by atomic mass is 32.2. The van der Waals surface area contributed by atoms with E-state index in [0.717, 1.165) is 37.3 Å². The van der Waals surface area contributed by atoms with E-state index in [0.29, 0.717) is 0 Å². The number of sulfone groups is 1. The lowest BCUT2D eigenvalue weighted by Gasteiger charge is -2.06. The van der Waals surface area contributed by atoms with Crippen molar-refractivity contribution in [1.82, 2.24) is 5.16 Å². The second-order valence-corrected chi connectivity index (χ2v) is 8.29. The van der Waals surface area contributed by atoms with Crippen LogP contribution in [0.1, 0.15) is 57.9 Å². The Labute approximate surface area is 159 Å². The Bertz CT molecular complexity index is 1080. The Morgan fingerprint density at radius 2 is 2.04 bits per heavy atom. The van der Waals surface area contributed by atoms with Gasteiger partial charge < -0.3 is 9.26 Å². The fourth-order valence-electron chi connectivity index (χ4n) is 2.74. The summed E-state index contributed by atoms with van der Waals surface area (Å²) in [6.07, 6.45) is 2.34. The number of nitrogens with zero attached hydrogens (tertiary/aromatic N) is 2. The van der Waals surface area contributed by atoms with Crippen LogP contribution < -0.4 is 0 Å². The lowest BCUT2D eigenvalue weighted by atomic mass is 9.99. The van der Waals surface area contributed by atoms with E-state index in [9.17, 15) is 28.1 Å². The highest BCUT2D eigenvalue weighted by Crippen LogP contribution is 2.43. The van der Waals surface area contributed by atoms with Crippen molar-refractivity contribution in [3.63, 3.8) is 0 Å². The zero-order valence-corrected chi connectivity index (χ0v) is 15.8. The molecule has 0 saturated heterocycles. The first-order valence-corrected chi connectivity index (χ1v) is 10.2. The fourth-order valence-corrected chi connectivity index (χ4v) is 3.57. The minimum absolute atomic E-state index is 0.0621. The summed E-state index contributed by atoms with van der Waals surface area (Å²) in [7, 11) is -3.87. The molecule has 0 spiro atoms.